The molecule has 2 aliphatic rings. The highest BCUT2D eigenvalue weighted by atomic mass is 16.6. The maximum absolute atomic E-state index is 13.3. The van der Waals surface area contributed by atoms with E-state index >= 15 is 0 Å². The molecule has 31 heavy (non-hydrogen) atoms. The Morgan fingerprint density at radius 3 is 1.90 bits per heavy atom. The second-order valence-electron chi connectivity index (χ2n) is 9.68. The van der Waals surface area contributed by atoms with Crippen LogP contribution >= 0.6 is 0 Å². The number of carbonyl (C=O) groups is 2. The van der Waals surface area contributed by atoms with Gasteiger partial charge in [0.1, 0.15) is 5.60 Å². The van der Waals surface area contributed by atoms with E-state index in [-0.39, 0.29) is 12.0 Å². The molecule has 0 spiro atoms. The van der Waals surface area contributed by atoms with Crippen LogP contribution in [0.15, 0.2) is 48.5 Å². The molecular weight excluding hydrogens is 388 g/mol. The average Bonchev–Trinajstić information content (AvgIpc) is 2.90. The molecule has 0 saturated carbocycles. The largest absolute Gasteiger partial charge is 0.444 e. The van der Waals surface area contributed by atoms with Gasteiger partial charge in [-0.05, 0) is 61.8 Å². The fraction of sp³-hybridized carbons (Fsp3) is 0.462. The summed E-state index contributed by atoms with van der Waals surface area (Å²) in [6.45, 7) is 8.23. The molecule has 5 heteroatoms. The van der Waals surface area contributed by atoms with E-state index in [1.165, 1.54) is 22.3 Å². The van der Waals surface area contributed by atoms with Crippen molar-refractivity contribution >= 4 is 12.0 Å². The van der Waals surface area contributed by atoms with Crippen molar-refractivity contribution in [3.05, 3.63) is 59.7 Å². The van der Waals surface area contributed by atoms with E-state index in [9.17, 15) is 9.59 Å². The number of amides is 2. The molecule has 2 heterocycles. The molecular formula is C26H32N2O3. The van der Waals surface area contributed by atoms with E-state index in [0.717, 1.165) is 12.8 Å². The maximum atomic E-state index is 13.3. The van der Waals surface area contributed by atoms with Crippen molar-refractivity contribution in [3.8, 4) is 11.1 Å². The Kier molecular flexibility index (Phi) is 6.03. The molecule has 1 fully saturated rings. The number of benzene rings is 2. The number of hydrogen-bond acceptors (Lipinski definition) is 3. The molecule has 2 aliphatic heterocycles. The first-order valence-corrected chi connectivity index (χ1v) is 11.2. The quantitative estimate of drug-likeness (QED) is 0.668. The maximum Gasteiger partial charge on any atom is 0.410 e. The highest BCUT2D eigenvalue weighted by Gasteiger charge is 2.30. The standard InChI is InChI=1S/C26H32N2O3/c1-26(2,3)31-25(30)27-14-12-19(13-15-27)16-24(29)28-17-20-8-4-6-10-22(20)23-11-7-5-9-21(23)18-28/h4-11,19H,12-18H2,1-3H3. The molecule has 0 aliphatic carbocycles. The van der Waals surface area contributed by atoms with E-state index in [1.54, 1.807) is 4.90 Å². The van der Waals surface area contributed by atoms with Crippen LogP contribution in [0.5, 0.6) is 0 Å². The van der Waals surface area contributed by atoms with Crippen LogP contribution in [0.1, 0.15) is 51.2 Å². The summed E-state index contributed by atoms with van der Waals surface area (Å²) in [4.78, 5) is 29.3. The zero-order chi connectivity index (χ0) is 22.0. The van der Waals surface area contributed by atoms with Crippen molar-refractivity contribution in [2.75, 3.05) is 13.1 Å². The average molecular weight is 421 g/mol. The highest BCUT2D eigenvalue weighted by Crippen LogP contribution is 2.33. The Hall–Kier alpha value is -2.82. The van der Waals surface area contributed by atoms with E-state index in [1.807, 2.05) is 37.8 Å². The SMILES string of the molecule is CC(C)(C)OC(=O)N1CCC(CC(=O)N2Cc3ccccc3-c3ccccc3C2)CC1. The number of fused-ring (bicyclic) bond motifs is 3. The van der Waals surface area contributed by atoms with Crippen molar-refractivity contribution in [1.29, 1.82) is 0 Å². The van der Waals surface area contributed by atoms with E-state index in [2.05, 4.69) is 36.4 Å². The van der Waals surface area contributed by atoms with Gasteiger partial charge in [-0.15, -0.1) is 0 Å². The zero-order valence-electron chi connectivity index (χ0n) is 18.8. The minimum Gasteiger partial charge on any atom is -0.444 e. The Morgan fingerprint density at radius 2 is 1.39 bits per heavy atom. The molecule has 2 amide bonds. The predicted octanol–water partition coefficient (Wildman–Crippen LogP) is 5.23. The van der Waals surface area contributed by atoms with Gasteiger partial charge < -0.3 is 14.5 Å². The molecule has 0 radical (unpaired) electrons. The Labute approximate surface area is 185 Å². The molecule has 0 N–H and O–H groups in total. The lowest BCUT2D eigenvalue weighted by Crippen LogP contribution is -2.42. The van der Waals surface area contributed by atoms with Gasteiger partial charge in [0.2, 0.25) is 5.91 Å². The number of nitrogens with zero attached hydrogens (tertiary/aromatic N) is 2. The smallest absolute Gasteiger partial charge is 0.410 e. The first kappa shape index (κ1) is 21.4. The second-order valence-corrected chi connectivity index (χ2v) is 9.68. The molecule has 0 aromatic heterocycles. The zero-order valence-corrected chi connectivity index (χ0v) is 18.8. The summed E-state index contributed by atoms with van der Waals surface area (Å²) in [5.74, 6) is 0.502. The van der Waals surface area contributed by atoms with Crippen molar-refractivity contribution < 1.29 is 14.3 Å². The summed E-state index contributed by atoms with van der Waals surface area (Å²) in [6, 6.07) is 16.7. The van der Waals surface area contributed by atoms with Gasteiger partial charge >= 0.3 is 6.09 Å². The third kappa shape index (κ3) is 5.09. The van der Waals surface area contributed by atoms with Crippen LogP contribution in [0.4, 0.5) is 4.79 Å². The lowest BCUT2D eigenvalue weighted by atomic mass is 9.93. The molecule has 164 valence electrons. The van der Waals surface area contributed by atoms with Crippen molar-refractivity contribution in [2.24, 2.45) is 5.92 Å². The van der Waals surface area contributed by atoms with Crippen LogP contribution in [0.2, 0.25) is 0 Å². The fourth-order valence-corrected chi connectivity index (χ4v) is 4.51. The molecule has 0 bridgehead atoms. The minimum absolute atomic E-state index is 0.197. The predicted molar refractivity (Wildman–Crippen MR) is 121 cm³/mol. The molecule has 5 nitrogen and oxygen atoms in total. The van der Waals surface area contributed by atoms with Crippen LogP contribution in [0.25, 0.3) is 11.1 Å². The number of hydrogen-bond donors (Lipinski definition) is 0. The van der Waals surface area contributed by atoms with Gasteiger partial charge in [-0.3, -0.25) is 4.79 Å². The van der Waals surface area contributed by atoms with Crippen molar-refractivity contribution in [2.45, 2.75) is 58.7 Å². The van der Waals surface area contributed by atoms with Gasteiger partial charge in [-0.25, -0.2) is 4.79 Å². The van der Waals surface area contributed by atoms with Gasteiger partial charge in [0.15, 0.2) is 0 Å². The monoisotopic (exact) mass is 420 g/mol. The summed E-state index contributed by atoms with van der Waals surface area (Å²) in [5, 5.41) is 0. The van der Waals surface area contributed by atoms with E-state index < -0.39 is 5.60 Å². The van der Waals surface area contributed by atoms with Crippen LogP contribution in [-0.2, 0) is 22.6 Å². The van der Waals surface area contributed by atoms with Gasteiger partial charge in [-0.1, -0.05) is 48.5 Å². The van der Waals surface area contributed by atoms with Gasteiger partial charge in [0, 0.05) is 32.6 Å². The van der Waals surface area contributed by atoms with Crippen molar-refractivity contribution in [3.63, 3.8) is 0 Å². The van der Waals surface area contributed by atoms with E-state index in [0.29, 0.717) is 38.5 Å². The topological polar surface area (TPSA) is 49.9 Å². The number of piperidine rings is 1. The second kappa shape index (κ2) is 8.74. The van der Waals surface area contributed by atoms with Crippen LogP contribution in [0, 0.1) is 5.92 Å². The summed E-state index contributed by atoms with van der Waals surface area (Å²) in [5.41, 5.74) is 4.35. The third-order valence-electron chi connectivity index (χ3n) is 6.13. The molecule has 2 aromatic carbocycles. The number of likely N-dealkylation sites (tertiary alicyclic amines) is 1. The van der Waals surface area contributed by atoms with Gasteiger partial charge in [-0.2, -0.15) is 0 Å². The summed E-state index contributed by atoms with van der Waals surface area (Å²) >= 11 is 0. The highest BCUT2D eigenvalue weighted by molar-refractivity contribution is 5.79. The lowest BCUT2D eigenvalue weighted by Gasteiger charge is -2.34. The first-order chi connectivity index (χ1) is 14.8. The van der Waals surface area contributed by atoms with Crippen molar-refractivity contribution in [1.82, 2.24) is 9.80 Å². The summed E-state index contributed by atoms with van der Waals surface area (Å²) in [7, 11) is 0. The summed E-state index contributed by atoms with van der Waals surface area (Å²) < 4.78 is 5.48. The lowest BCUT2D eigenvalue weighted by molar-refractivity contribution is -0.133. The Morgan fingerprint density at radius 1 is 0.871 bits per heavy atom. The fourth-order valence-electron chi connectivity index (χ4n) is 4.51. The molecule has 0 unspecified atom stereocenters. The van der Waals surface area contributed by atoms with Crippen LogP contribution in [-0.4, -0.2) is 40.5 Å². The normalized spacial score (nSPS) is 16.9. The molecule has 2 aromatic rings. The molecule has 0 atom stereocenters. The Bertz CT molecular complexity index is 908. The Balaban J connectivity index is 1.40. The third-order valence-corrected chi connectivity index (χ3v) is 6.13. The van der Waals surface area contributed by atoms with Gasteiger partial charge in [0.05, 0.1) is 0 Å². The van der Waals surface area contributed by atoms with Crippen LogP contribution < -0.4 is 0 Å². The minimum atomic E-state index is -0.483. The first-order valence-electron chi connectivity index (χ1n) is 11.2. The molecule has 1 saturated heterocycles. The number of ether oxygens (including phenoxy) is 1. The molecule has 4 rings (SSSR count). The summed E-state index contributed by atoms with van der Waals surface area (Å²) in [6.07, 6.45) is 1.96. The van der Waals surface area contributed by atoms with E-state index in [4.69, 9.17) is 4.74 Å². The number of carbonyl (C=O) groups excluding carboxylic acids is 2. The van der Waals surface area contributed by atoms with Gasteiger partial charge in [0.25, 0.3) is 0 Å². The van der Waals surface area contributed by atoms with Crippen LogP contribution in [0.3, 0.4) is 0 Å². The number of rotatable bonds is 2.